The van der Waals surface area contributed by atoms with Gasteiger partial charge in [0.25, 0.3) is 11.8 Å². The van der Waals surface area contributed by atoms with Gasteiger partial charge in [-0.15, -0.1) is 25.3 Å². The van der Waals surface area contributed by atoms with E-state index in [0.717, 1.165) is 25.7 Å². The van der Waals surface area contributed by atoms with Gasteiger partial charge in [0.05, 0.1) is 0 Å². The Kier molecular flexibility index (Phi) is 6.35. The monoisotopic (exact) mass is 290 g/mol. The smallest absolute Gasteiger partial charge is 0.256 e. The molecule has 1 rings (SSSR count). The molecule has 6 heteroatoms. The second-order valence-electron chi connectivity index (χ2n) is 4.52. The SMILES string of the molecule is CCCCN1C(=O)C(S)N(CCCC)C(=O)C1S. The first-order valence-electron chi connectivity index (χ1n) is 6.51. The Morgan fingerprint density at radius 1 is 0.889 bits per heavy atom. The summed E-state index contributed by atoms with van der Waals surface area (Å²) >= 11 is 8.57. The normalized spacial score (nSPS) is 24.9. The fourth-order valence-electron chi connectivity index (χ4n) is 1.93. The summed E-state index contributed by atoms with van der Waals surface area (Å²) in [6.45, 7) is 5.26. The molecule has 1 aliphatic rings. The lowest BCUT2D eigenvalue weighted by Gasteiger charge is -2.41. The number of piperazine rings is 1. The van der Waals surface area contributed by atoms with Crippen LogP contribution < -0.4 is 0 Å². The topological polar surface area (TPSA) is 40.6 Å². The van der Waals surface area contributed by atoms with E-state index in [-0.39, 0.29) is 11.8 Å². The van der Waals surface area contributed by atoms with Crippen molar-refractivity contribution in [3.8, 4) is 0 Å². The molecule has 0 aromatic carbocycles. The van der Waals surface area contributed by atoms with E-state index in [9.17, 15) is 9.59 Å². The third kappa shape index (κ3) is 3.35. The lowest BCUT2D eigenvalue weighted by Crippen LogP contribution is -2.61. The van der Waals surface area contributed by atoms with Crippen LogP contribution in [0.3, 0.4) is 0 Å². The fourth-order valence-corrected chi connectivity index (χ4v) is 2.68. The van der Waals surface area contributed by atoms with Crippen LogP contribution in [0.4, 0.5) is 0 Å². The molecular formula is C12H22N2O2S2. The second-order valence-corrected chi connectivity index (χ2v) is 5.50. The molecule has 0 aromatic heterocycles. The van der Waals surface area contributed by atoms with Gasteiger partial charge in [-0.2, -0.15) is 0 Å². The van der Waals surface area contributed by atoms with Crippen LogP contribution in [0.1, 0.15) is 39.5 Å². The van der Waals surface area contributed by atoms with Crippen LogP contribution in [-0.4, -0.2) is 45.5 Å². The minimum atomic E-state index is -0.649. The summed E-state index contributed by atoms with van der Waals surface area (Å²) in [5.41, 5.74) is 0. The van der Waals surface area contributed by atoms with Gasteiger partial charge in [0.1, 0.15) is 0 Å². The van der Waals surface area contributed by atoms with Crippen molar-refractivity contribution in [3.05, 3.63) is 0 Å². The number of hydrogen-bond donors (Lipinski definition) is 2. The number of carbonyl (C=O) groups is 2. The van der Waals surface area contributed by atoms with Crippen molar-refractivity contribution in [1.29, 1.82) is 0 Å². The predicted molar refractivity (Wildman–Crippen MR) is 78.8 cm³/mol. The van der Waals surface area contributed by atoms with Gasteiger partial charge in [-0.05, 0) is 12.8 Å². The molecule has 0 saturated carbocycles. The molecule has 4 nitrogen and oxygen atoms in total. The number of thiol groups is 2. The zero-order chi connectivity index (χ0) is 13.7. The highest BCUT2D eigenvalue weighted by molar-refractivity contribution is 7.82. The van der Waals surface area contributed by atoms with Crippen molar-refractivity contribution in [1.82, 2.24) is 9.80 Å². The van der Waals surface area contributed by atoms with E-state index in [0.29, 0.717) is 13.1 Å². The lowest BCUT2D eigenvalue weighted by atomic mass is 10.2. The molecule has 0 aromatic rings. The highest BCUT2D eigenvalue weighted by Crippen LogP contribution is 2.23. The highest BCUT2D eigenvalue weighted by atomic mass is 32.1. The molecule has 104 valence electrons. The molecule has 0 N–H and O–H groups in total. The van der Waals surface area contributed by atoms with E-state index >= 15 is 0 Å². The Hall–Kier alpha value is -0.360. The maximum atomic E-state index is 12.2. The van der Waals surface area contributed by atoms with Crippen molar-refractivity contribution in [2.45, 2.75) is 50.3 Å². The molecule has 1 aliphatic heterocycles. The van der Waals surface area contributed by atoms with Crippen molar-refractivity contribution in [2.75, 3.05) is 13.1 Å². The van der Waals surface area contributed by atoms with Gasteiger partial charge < -0.3 is 9.80 Å². The number of unbranched alkanes of at least 4 members (excludes halogenated alkanes) is 2. The van der Waals surface area contributed by atoms with Crippen LogP contribution in [0.5, 0.6) is 0 Å². The average Bonchev–Trinajstić information content (AvgIpc) is 2.37. The van der Waals surface area contributed by atoms with Gasteiger partial charge in [0.15, 0.2) is 10.7 Å². The summed E-state index contributed by atoms with van der Waals surface area (Å²) in [7, 11) is 0. The Morgan fingerprint density at radius 2 is 1.22 bits per heavy atom. The first-order chi connectivity index (χ1) is 8.54. The first kappa shape index (κ1) is 15.7. The molecular weight excluding hydrogens is 268 g/mol. The summed E-state index contributed by atoms with van der Waals surface area (Å²) in [4.78, 5) is 27.4. The largest absolute Gasteiger partial charge is 0.320 e. The summed E-state index contributed by atoms with van der Waals surface area (Å²) in [5, 5.41) is -1.30. The summed E-state index contributed by atoms with van der Waals surface area (Å²) < 4.78 is 0. The zero-order valence-electron chi connectivity index (χ0n) is 11.0. The van der Waals surface area contributed by atoms with Crippen LogP contribution in [0, 0.1) is 0 Å². The van der Waals surface area contributed by atoms with Gasteiger partial charge in [-0.1, -0.05) is 26.7 Å². The third-order valence-electron chi connectivity index (χ3n) is 3.10. The molecule has 1 heterocycles. The maximum absolute atomic E-state index is 12.2. The molecule has 1 saturated heterocycles. The molecule has 1 fully saturated rings. The Labute approximate surface area is 120 Å². The van der Waals surface area contributed by atoms with Gasteiger partial charge in [0, 0.05) is 13.1 Å². The summed E-state index contributed by atoms with van der Waals surface area (Å²) in [6, 6.07) is 0. The van der Waals surface area contributed by atoms with Gasteiger partial charge in [-0.25, -0.2) is 0 Å². The molecule has 18 heavy (non-hydrogen) atoms. The van der Waals surface area contributed by atoms with Crippen LogP contribution >= 0.6 is 25.3 Å². The van der Waals surface area contributed by atoms with Crippen molar-refractivity contribution >= 4 is 37.1 Å². The number of rotatable bonds is 6. The van der Waals surface area contributed by atoms with Crippen molar-refractivity contribution < 1.29 is 9.59 Å². The van der Waals surface area contributed by atoms with Gasteiger partial charge in [-0.3, -0.25) is 9.59 Å². The minimum Gasteiger partial charge on any atom is -0.320 e. The Morgan fingerprint density at radius 3 is 1.50 bits per heavy atom. The Bertz CT molecular complexity index is 282. The van der Waals surface area contributed by atoms with E-state index < -0.39 is 10.7 Å². The maximum Gasteiger partial charge on any atom is 0.256 e. The third-order valence-corrected chi connectivity index (χ3v) is 4.10. The standard InChI is InChI=1S/C12H22N2O2S2/c1-3-5-7-13-9(15)12(18)14(8-6-4-2)10(16)11(13)17/h11-12,17-18H,3-8H2,1-2H3. The van der Waals surface area contributed by atoms with Gasteiger partial charge >= 0.3 is 0 Å². The van der Waals surface area contributed by atoms with E-state index in [1.54, 1.807) is 0 Å². The molecule has 0 bridgehead atoms. The van der Waals surface area contributed by atoms with Gasteiger partial charge in [0.2, 0.25) is 0 Å². The molecule has 0 spiro atoms. The van der Waals surface area contributed by atoms with Crippen LogP contribution in [0.2, 0.25) is 0 Å². The second kappa shape index (κ2) is 7.28. The van der Waals surface area contributed by atoms with Crippen LogP contribution in [-0.2, 0) is 9.59 Å². The molecule has 2 amide bonds. The molecule has 0 radical (unpaired) electrons. The zero-order valence-corrected chi connectivity index (χ0v) is 12.8. The predicted octanol–water partition coefficient (Wildman–Crippen LogP) is 1.77. The van der Waals surface area contributed by atoms with Crippen LogP contribution in [0.25, 0.3) is 0 Å². The van der Waals surface area contributed by atoms with E-state index in [2.05, 4.69) is 39.1 Å². The number of carbonyl (C=O) groups excluding carboxylic acids is 2. The number of nitrogens with zero attached hydrogens (tertiary/aromatic N) is 2. The number of amides is 2. The fraction of sp³-hybridized carbons (Fsp3) is 0.833. The van der Waals surface area contributed by atoms with E-state index in [1.165, 1.54) is 9.80 Å². The molecule has 2 atom stereocenters. The van der Waals surface area contributed by atoms with Crippen molar-refractivity contribution in [3.63, 3.8) is 0 Å². The Balaban J connectivity index is 2.75. The summed E-state index contributed by atoms with van der Waals surface area (Å²) in [6.07, 6.45) is 3.72. The number of hydrogen-bond acceptors (Lipinski definition) is 4. The van der Waals surface area contributed by atoms with Crippen LogP contribution in [0.15, 0.2) is 0 Å². The van der Waals surface area contributed by atoms with E-state index in [4.69, 9.17) is 0 Å². The molecule has 2 unspecified atom stereocenters. The van der Waals surface area contributed by atoms with Crippen molar-refractivity contribution in [2.24, 2.45) is 0 Å². The van der Waals surface area contributed by atoms with E-state index in [1.807, 2.05) is 0 Å². The molecule has 0 aliphatic carbocycles. The average molecular weight is 290 g/mol. The highest BCUT2D eigenvalue weighted by Gasteiger charge is 2.42. The minimum absolute atomic E-state index is 0.109. The lowest BCUT2D eigenvalue weighted by molar-refractivity contribution is -0.153. The quantitative estimate of drug-likeness (QED) is 0.732. The summed E-state index contributed by atoms with van der Waals surface area (Å²) in [5.74, 6) is -0.218. The first-order valence-corrected chi connectivity index (χ1v) is 7.55.